The summed E-state index contributed by atoms with van der Waals surface area (Å²) < 4.78 is 20.0. The summed E-state index contributed by atoms with van der Waals surface area (Å²) in [5.41, 5.74) is 0.762. The average molecular weight is 438 g/mol. The number of ether oxygens (including phenoxy) is 1. The predicted octanol–water partition coefficient (Wildman–Crippen LogP) is 2.19. The summed E-state index contributed by atoms with van der Waals surface area (Å²) in [5.74, 6) is -0.581. The Hall–Kier alpha value is -3.82. The predicted molar refractivity (Wildman–Crippen MR) is 113 cm³/mol. The van der Waals surface area contributed by atoms with Crippen molar-refractivity contribution in [1.29, 1.82) is 0 Å². The Balaban J connectivity index is 1.49. The Kier molecular flexibility index (Phi) is 5.85. The van der Waals surface area contributed by atoms with Gasteiger partial charge in [-0.3, -0.25) is 9.59 Å². The van der Waals surface area contributed by atoms with Crippen LogP contribution in [0.3, 0.4) is 0 Å². The van der Waals surface area contributed by atoms with E-state index in [9.17, 15) is 14.0 Å². The van der Waals surface area contributed by atoms with Crippen LogP contribution in [-0.4, -0.2) is 73.6 Å². The van der Waals surface area contributed by atoms with Crippen LogP contribution < -0.4 is 4.74 Å². The number of carbonyl (C=O) groups excluding carboxylic acids is 2. The van der Waals surface area contributed by atoms with E-state index >= 15 is 0 Å². The first-order chi connectivity index (χ1) is 15.4. The molecule has 2 aromatic heterocycles. The number of benzene rings is 1. The molecule has 0 spiro atoms. The molecule has 0 unspecified atom stereocenters. The highest BCUT2D eigenvalue weighted by Crippen LogP contribution is 2.20. The fourth-order valence-corrected chi connectivity index (χ4v) is 3.92. The molecule has 0 saturated carbocycles. The highest BCUT2D eigenvalue weighted by molar-refractivity contribution is 5.93. The largest absolute Gasteiger partial charge is 0.481 e. The standard InChI is InChI=1S/C22H23FN6O3/c1-14-11-27(21(30)18-8-5-9-19(25-18)32-3)12-15(2)29(14)22(31)20-24-13-28(26-20)17-7-4-6-16(23)10-17/h4-10,13-15H,11-12H2,1-3H3/t14-,15+. The summed E-state index contributed by atoms with van der Waals surface area (Å²) >= 11 is 0. The first-order valence-electron chi connectivity index (χ1n) is 10.2. The zero-order chi connectivity index (χ0) is 22.8. The van der Waals surface area contributed by atoms with Crippen molar-refractivity contribution in [2.45, 2.75) is 25.9 Å². The van der Waals surface area contributed by atoms with Gasteiger partial charge in [-0.15, -0.1) is 5.10 Å². The molecule has 0 N–H and O–H groups in total. The highest BCUT2D eigenvalue weighted by Gasteiger charge is 2.37. The van der Waals surface area contributed by atoms with Crippen molar-refractivity contribution in [1.82, 2.24) is 29.5 Å². The molecule has 1 aromatic carbocycles. The molecule has 1 aliphatic rings. The molecular weight excluding hydrogens is 415 g/mol. The van der Waals surface area contributed by atoms with Crippen LogP contribution in [0.25, 0.3) is 5.69 Å². The number of carbonyl (C=O) groups is 2. The number of nitrogens with zero attached hydrogens (tertiary/aromatic N) is 6. The van der Waals surface area contributed by atoms with E-state index in [4.69, 9.17) is 4.74 Å². The van der Waals surface area contributed by atoms with Crippen LogP contribution in [0.2, 0.25) is 0 Å². The summed E-state index contributed by atoms with van der Waals surface area (Å²) in [6.07, 6.45) is 1.38. The van der Waals surface area contributed by atoms with Gasteiger partial charge in [0.25, 0.3) is 11.8 Å². The summed E-state index contributed by atoms with van der Waals surface area (Å²) in [5, 5.41) is 4.23. The molecule has 2 atom stereocenters. The van der Waals surface area contributed by atoms with Crippen LogP contribution in [0, 0.1) is 5.82 Å². The van der Waals surface area contributed by atoms with E-state index in [1.165, 1.54) is 30.3 Å². The monoisotopic (exact) mass is 438 g/mol. The second-order valence-corrected chi connectivity index (χ2v) is 7.68. The van der Waals surface area contributed by atoms with Gasteiger partial charge < -0.3 is 14.5 Å². The fourth-order valence-electron chi connectivity index (χ4n) is 3.92. The van der Waals surface area contributed by atoms with E-state index < -0.39 is 5.82 Å². The fraction of sp³-hybridized carbons (Fsp3) is 0.318. The molecule has 1 aliphatic heterocycles. The number of aromatic nitrogens is 4. The molecule has 0 bridgehead atoms. The minimum Gasteiger partial charge on any atom is -0.481 e. The minimum atomic E-state index is -0.403. The molecule has 10 heteroatoms. The van der Waals surface area contributed by atoms with Gasteiger partial charge in [0.2, 0.25) is 11.7 Å². The summed E-state index contributed by atoms with van der Waals surface area (Å²) in [6.45, 7) is 4.43. The van der Waals surface area contributed by atoms with Gasteiger partial charge in [0, 0.05) is 31.2 Å². The normalized spacial score (nSPS) is 18.5. The van der Waals surface area contributed by atoms with Gasteiger partial charge >= 0.3 is 0 Å². The lowest BCUT2D eigenvalue weighted by atomic mass is 10.1. The molecule has 9 nitrogen and oxygen atoms in total. The molecule has 2 amide bonds. The van der Waals surface area contributed by atoms with Crippen molar-refractivity contribution in [3.63, 3.8) is 0 Å². The molecule has 0 radical (unpaired) electrons. The number of amides is 2. The van der Waals surface area contributed by atoms with E-state index in [0.717, 1.165) is 0 Å². The second-order valence-electron chi connectivity index (χ2n) is 7.68. The van der Waals surface area contributed by atoms with E-state index in [0.29, 0.717) is 30.4 Å². The number of rotatable bonds is 4. The SMILES string of the molecule is COc1cccc(C(=O)N2C[C@@H](C)N(C(=O)c3ncn(-c4cccc(F)c4)n3)[C@@H](C)C2)n1. The van der Waals surface area contributed by atoms with Crippen molar-refractivity contribution in [3.05, 3.63) is 66.1 Å². The number of methoxy groups -OCH3 is 1. The molecule has 3 heterocycles. The van der Waals surface area contributed by atoms with Crippen LogP contribution in [0.15, 0.2) is 48.8 Å². The van der Waals surface area contributed by atoms with Gasteiger partial charge in [-0.1, -0.05) is 12.1 Å². The second kappa shape index (κ2) is 8.74. The Morgan fingerprint density at radius 1 is 1.06 bits per heavy atom. The topological polar surface area (TPSA) is 93.5 Å². The summed E-state index contributed by atoms with van der Waals surface area (Å²) in [6, 6.07) is 10.4. The Bertz CT molecular complexity index is 1140. The van der Waals surface area contributed by atoms with Crippen molar-refractivity contribution in [2.24, 2.45) is 0 Å². The third-order valence-corrected chi connectivity index (χ3v) is 5.35. The Morgan fingerprint density at radius 2 is 1.78 bits per heavy atom. The number of pyridine rings is 1. The molecule has 32 heavy (non-hydrogen) atoms. The summed E-state index contributed by atoms with van der Waals surface area (Å²) in [7, 11) is 1.49. The van der Waals surface area contributed by atoms with Gasteiger partial charge in [0.1, 0.15) is 17.8 Å². The van der Waals surface area contributed by atoms with Gasteiger partial charge in [-0.05, 0) is 38.1 Å². The lowest BCUT2D eigenvalue weighted by Crippen LogP contribution is -2.60. The van der Waals surface area contributed by atoms with Crippen molar-refractivity contribution in [2.75, 3.05) is 20.2 Å². The van der Waals surface area contributed by atoms with Crippen molar-refractivity contribution >= 4 is 11.8 Å². The first-order valence-corrected chi connectivity index (χ1v) is 10.2. The Labute approximate surface area is 184 Å². The Morgan fingerprint density at radius 3 is 2.47 bits per heavy atom. The lowest BCUT2D eigenvalue weighted by Gasteiger charge is -2.43. The highest BCUT2D eigenvalue weighted by atomic mass is 19.1. The molecule has 3 aromatic rings. The van der Waals surface area contributed by atoms with E-state index in [1.807, 2.05) is 13.8 Å². The average Bonchev–Trinajstić information content (AvgIpc) is 3.28. The van der Waals surface area contributed by atoms with Crippen LogP contribution in [0.1, 0.15) is 35.0 Å². The van der Waals surface area contributed by atoms with Gasteiger partial charge in [-0.25, -0.2) is 19.0 Å². The molecule has 1 saturated heterocycles. The number of hydrogen-bond acceptors (Lipinski definition) is 6. The van der Waals surface area contributed by atoms with E-state index in [2.05, 4.69) is 15.1 Å². The smallest absolute Gasteiger partial charge is 0.294 e. The molecular formula is C22H23FN6O3. The minimum absolute atomic E-state index is 0.0159. The van der Waals surface area contributed by atoms with Crippen molar-refractivity contribution in [3.8, 4) is 11.6 Å². The lowest BCUT2D eigenvalue weighted by molar-refractivity contribution is 0.0244. The van der Waals surface area contributed by atoms with Gasteiger partial charge in [-0.2, -0.15) is 0 Å². The quantitative estimate of drug-likeness (QED) is 0.620. The number of piperazine rings is 1. The maximum Gasteiger partial charge on any atom is 0.294 e. The van der Waals surface area contributed by atoms with Gasteiger partial charge in [0.05, 0.1) is 12.8 Å². The zero-order valence-corrected chi connectivity index (χ0v) is 18.0. The molecule has 0 aliphatic carbocycles. The van der Waals surface area contributed by atoms with Crippen LogP contribution in [0.4, 0.5) is 4.39 Å². The van der Waals surface area contributed by atoms with Crippen LogP contribution in [-0.2, 0) is 0 Å². The molecule has 166 valence electrons. The molecule has 4 rings (SSSR count). The van der Waals surface area contributed by atoms with E-state index in [-0.39, 0.29) is 29.7 Å². The van der Waals surface area contributed by atoms with Crippen LogP contribution >= 0.6 is 0 Å². The van der Waals surface area contributed by atoms with Gasteiger partial charge in [0.15, 0.2) is 0 Å². The third kappa shape index (κ3) is 4.16. The van der Waals surface area contributed by atoms with Crippen LogP contribution in [0.5, 0.6) is 5.88 Å². The maximum absolute atomic E-state index is 13.5. The number of hydrogen-bond donors (Lipinski definition) is 0. The van der Waals surface area contributed by atoms with Crippen molar-refractivity contribution < 1.29 is 18.7 Å². The zero-order valence-electron chi connectivity index (χ0n) is 18.0. The summed E-state index contributed by atoms with van der Waals surface area (Å²) in [4.78, 5) is 37.8. The van der Waals surface area contributed by atoms with E-state index in [1.54, 1.807) is 40.1 Å². The number of halogens is 1. The first kappa shape index (κ1) is 21.4. The molecule has 1 fully saturated rings. The maximum atomic E-state index is 13.5. The third-order valence-electron chi connectivity index (χ3n) is 5.35.